The molecule has 0 amide bonds. The largest absolute Gasteiger partial charge is 0.354 e. The third-order valence-corrected chi connectivity index (χ3v) is 2.43. The van der Waals surface area contributed by atoms with Crippen LogP contribution in [0.5, 0.6) is 0 Å². The third-order valence-electron chi connectivity index (χ3n) is 1.73. The molecular weight excluding hydrogens is 168 g/mol. The van der Waals surface area contributed by atoms with Crippen molar-refractivity contribution in [3.63, 3.8) is 0 Å². The van der Waals surface area contributed by atoms with E-state index in [2.05, 4.69) is 10.2 Å². The van der Waals surface area contributed by atoms with E-state index in [0.717, 1.165) is 5.56 Å². The molecule has 0 atom stereocenters. The summed E-state index contributed by atoms with van der Waals surface area (Å²) in [5, 5.41) is 0. The first-order valence-corrected chi connectivity index (χ1v) is 4.14. The molecule has 12 heavy (non-hydrogen) atoms. The van der Waals surface area contributed by atoms with E-state index in [1.807, 2.05) is 30.3 Å². The first kappa shape index (κ1) is 9.44. The van der Waals surface area contributed by atoms with Crippen molar-refractivity contribution in [3.05, 3.63) is 35.9 Å². The molecule has 0 heterocycles. The van der Waals surface area contributed by atoms with Crippen molar-refractivity contribution in [1.82, 2.24) is 0 Å². The molecule has 0 saturated carbocycles. The lowest BCUT2D eigenvalue weighted by molar-refractivity contribution is -0.148. The highest BCUT2D eigenvalue weighted by molar-refractivity contribution is 6.13. The molecule has 0 aliphatic carbocycles. The van der Waals surface area contributed by atoms with Gasteiger partial charge in [-0.15, -0.1) is 0 Å². The van der Waals surface area contributed by atoms with Crippen LogP contribution >= 0.6 is 0 Å². The summed E-state index contributed by atoms with van der Waals surface area (Å²) in [7, 11) is 6.57. The van der Waals surface area contributed by atoms with Crippen molar-refractivity contribution in [1.29, 1.82) is 0 Å². The Hall–Kier alpha value is -0.643. The van der Waals surface area contributed by atoms with E-state index in [-0.39, 0.29) is 0 Å². The number of rotatable bonds is 3. The van der Waals surface area contributed by atoms with E-state index >= 15 is 0 Å². The summed E-state index contributed by atoms with van der Waals surface area (Å²) in [6, 6.07) is 9.67. The summed E-state index contributed by atoms with van der Waals surface area (Å²) < 4.78 is 10.3. The van der Waals surface area contributed by atoms with Gasteiger partial charge in [-0.1, -0.05) is 30.3 Å². The maximum atomic E-state index is 5.16. The maximum absolute atomic E-state index is 5.16. The predicted molar refractivity (Wildman–Crippen MR) is 47.9 cm³/mol. The first-order chi connectivity index (χ1) is 5.73. The molecule has 0 N–H and O–H groups in total. The number of hydrogen-bond acceptors (Lipinski definition) is 2. The van der Waals surface area contributed by atoms with Gasteiger partial charge in [0.15, 0.2) is 5.41 Å². The molecule has 0 saturated heterocycles. The van der Waals surface area contributed by atoms with Crippen LogP contribution in [0.2, 0.25) is 0 Å². The molecule has 3 radical (unpaired) electrons. The van der Waals surface area contributed by atoms with Gasteiger partial charge in [-0.25, -0.2) is 0 Å². The Labute approximate surface area is 75.9 Å². The van der Waals surface area contributed by atoms with Crippen LogP contribution in [0.1, 0.15) is 5.56 Å². The number of benzene rings is 1. The highest BCUT2D eigenvalue weighted by Gasteiger charge is 2.24. The average molecular weight is 179 g/mol. The number of methoxy groups -OCH3 is 2. The summed E-state index contributed by atoms with van der Waals surface area (Å²) in [5.74, 6) is 0. The van der Waals surface area contributed by atoms with Crippen molar-refractivity contribution in [2.24, 2.45) is 0 Å². The predicted octanol–water partition coefficient (Wildman–Crippen LogP) is 1.26. The van der Waals surface area contributed by atoms with Gasteiger partial charge >= 0.3 is 0 Å². The van der Waals surface area contributed by atoms with Crippen LogP contribution in [0.15, 0.2) is 30.3 Å². The van der Waals surface area contributed by atoms with E-state index in [1.165, 1.54) is 0 Å². The van der Waals surface area contributed by atoms with Crippen molar-refractivity contribution in [2.45, 2.75) is 5.41 Å². The van der Waals surface area contributed by atoms with Crippen LogP contribution < -0.4 is 0 Å². The zero-order chi connectivity index (χ0) is 9.03. The molecule has 1 rings (SSSR count). The summed E-state index contributed by atoms with van der Waals surface area (Å²) in [6.07, 6.45) is 0. The first-order valence-electron chi connectivity index (χ1n) is 3.64. The number of hydrogen-bond donors (Lipinski definition) is 0. The van der Waals surface area contributed by atoms with Crippen molar-refractivity contribution < 1.29 is 9.47 Å². The van der Waals surface area contributed by atoms with Gasteiger partial charge in [-0.05, 0) is 0 Å². The fraction of sp³-hybridized carbons (Fsp3) is 0.333. The monoisotopic (exact) mass is 179 g/mol. The van der Waals surface area contributed by atoms with Crippen LogP contribution in [-0.4, -0.2) is 24.5 Å². The Morgan fingerprint density at radius 3 is 2.00 bits per heavy atom. The summed E-state index contributed by atoms with van der Waals surface area (Å²) >= 11 is 0. The second kappa shape index (κ2) is 3.84. The van der Waals surface area contributed by atoms with Crippen molar-refractivity contribution >= 4 is 10.2 Å². The molecule has 0 aliphatic rings. The zero-order valence-corrected chi connectivity index (χ0v) is 8.20. The Bertz CT molecular complexity index is 232. The minimum Gasteiger partial charge on any atom is -0.354 e. The zero-order valence-electron chi connectivity index (χ0n) is 7.20. The Morgan fingerprint density at radius 1 is 1.08 bits per heavy atom. The van der Waals surface area contributed by atoms with Gasteiger partial charge in [-0.3, -0.25) is 0 Å². The highest BCUT2D eigenvalue weighted by Crippen LogP contribution is 2.20. The van der Waals surface area contributed by atoms with Crippen LogP contribution in [0.4, 0.5) is 0 Å². The summed E-state index contributed by atoms with van der Waals surface area (Å²) in [6.45, 7) is 0. The molecule has 0 bridgehead atoms. The number of ether oxygens (including phenoxy) is 2. The van der Waals surface area contributed by atoms with Crippen LogP contribution in [0.3, 0.4) is 0 Å². The second-order valence-electron chi connectivity index (χ2n) is 2.39. The normalized spacial score (nSPS) is 11.6. The Morgan fingerprint density at radius 2 is 1.58 bits per heavy atom. The highest BCUT2D eigenvalue weighted by atomic mass is 28.1. The second-order valence-corrected chi connectivity index (χ2v) is 3.05. The summed E-state index contributed by atoms with van der Waals surface area (Å²) in [4.78, 5) is 0. The van der Waals surface area contributed by atoms with E-state index in [4.69, 9.17) is 9.47 Å². The SMILES string of the molecule is COC([Si])(OC)c1ccccc1. The lowest BCUT2D eigenvalue weighted by atomic mass is 10.2. The Balaban J connectivity index is 2.95. The summed E-state index contributed by atoms with van der Waals surface area (Å²) in [5.41, 5.74) is 0.119. The molecule has 1 aromatic carbocycles. The molecule has 0 aliphatic heterocycles. The van der Waals surface area contributed by atoms with Crippen LogP contribution in [0, 0.1) is 0 Å². The quantitative estimate of drug-likeness (QED) is 0.513. The van der Waals surface area contributed by atoms with E-state index < -0.39 is 5.41 Å². The third kappa shape index (κ3) is 1.74. The van der Waals surface area contributed by atoms with Gasteiger partial charge < -0.3 is 9.47 Å². The smallest absolute Gasteiger partial charge is 0.168 e. The molecule has 3 heteroatoms. The van der Waals surface area contributed by atoms with Gasteiger partial charge in [-0.2, -0.15) is 0 Å². The molecule has 63 valence electrons. The molecule has 0 spiro atoms. The topological polar surface area (TPSA) is 18.5 Å². The molecule has 1 aromatic rings. The van der Waals surface area contributed by atoms with Crippen LogP contribution in [-0.2, 0) is 14.9 Å². The van der Waals surface area contributed by atoms with E-state index in [9.17, 15) is 0 Å². The van der Waals surface area contributed by atoms with Gasteiger partial charge in [0.2, 0.25) is 0 Å². The standard InChI is InChI=1S/C9H11O2Si/c1-10-9(12,11-2)8-6-4-3-5-7-8/h3-7H,1-2H3. The molecule has 2 nitrogen and oxygen atoms in total. The lowest BCUT2D eigenvalue weighted by Gasteiger charge is -2.26. The maximum Gasteiger partial charge on any atom is 0.168 e. The molecule has 0 aromatic heterocycles. The van der Waals surface area contributed by atoms with Crippen molar-refractivity contribution in [2.75, 3.05) is 14.2 Å². The van der Waals surface area contributed by atoms with Gasteiger partial charge in [0.25, 0.3) is 0 Å². The lowest BCUT2D eigenvalue weighted by Crippen LogP contribution is -2.30. The Kier molecular flexibility index (Phi) is 3.03. The molecule has 0 unspecified atom stereocenters. The van der Waals surface area contributed by atoms with Gasteiger partial charge in [0.05, 0.1) is 0 Å². The van der Waals surface area contributed by atoms with E-state index in [1.54, 1.807) is 14.2 Å². The molecular formula is C9H11O2Si. The van der Waals surface area contributed by atoms with Gasteiger partial charge in [0, 0.05) is 19.8 Å². The van der Waals surface area contributed by atoms with Gasteiger partial charge in [0.1, 0.15) is 10.2 Å². The fourth-order valence-electron chi connectivity index (χ4n) is 0.977. The minimum absolute atomic E-state index is 0.818. The van der Waals surface area contributed by atoms with Crippen molar-refractivity contribution in [3.8, 4) is 0 Å². The average Bonchev–Trinajstić information content (AvgIpc) is 2.18. The van der Waals surface area contributed by atoms with Crippen LogP contribution in [0.25, 0.3) is 0 Å². The fourth-order valence-corrected chi connectivity index (χ4v) is 1.14. The minimum atomic E-state index is -0.818. The van der Waals surface area contributed by atoms with E-state index in [0.29, 0.717) is 0 Å². The molecule has 0 fully saturated rings.